The van der Waals surface area contributed by atoms with E-state index in [4.69, 9.17) is 5.26 Å². The van der Waals surface area contributed by atoms with Crippen LogP contribution in [-0.4, -0.2) is 0 Å². The molecule has 1 nitrogen and oxygen atoms in total. The van der Waals surface area contributed by atoms with E-state index in [1.165, 1.54) is 6.07 Å². The molecule has 0 saturated carbocycles. The Balaban J connectivity index is 3.01. The maximum absolute atomic E-state index is 12.4. The van der Waals surface area contributed by atoms with Crippen molar-refractivity contribution in [2.75, 3.05) is 0 Å². The van der Waals surface area contributed by atoms with Gasteiger partial charge in [-0.3, -0.25) is 0 Å². The van der Waals surface area contributed by atoms with Crippen molar-refractivity contribution in [3.8, 4) is 6.07 Å². The fourth-order valence-corrected chi connectivity index (χ4v) is 1.31. The van der Waals surface area contributed by atoms with E-state index < -0.39 is 11.7 Å². The second-order valence-corrected chi connectivity index (χ2v) is 3.30. The molecule has 0 unspecified atom stereocenters. The zero-order valence-electron chi connectivity index (χ0n) is 8.23. The van der Waals surface area contributed by atoms with Crippen LogP contribution in [0, 0.1) is 18.3 Å². The molecule has 0 radical (unpaired) electrons. The summed E-state index contributed by atoms with van der Waals surface area (Å²) in [5, 5.41) is 8.38. The van der Waals surface area contributed by atoms with Gasteiger partial charge in [0.05, 0.1) is 11.6 Å². The minimum absolute atomic E-state index is 0.238. The predicted molar refractivity (Wildman–Crippen MR) is 50.1 cm³/mol. The fraction of sp³-hybridized carbons (Fsp3) is 0.364. The van der Waals surface area contributed by atoms with Gasteiger partial charge in [0.1, 0.15) is 0 Å². The van der Waals surface area contributed by atoms with E-state index in [2.05, 4.69) is 0 Å². The Morgan fingerprint density at radius 1 is 1.33 bits per heavy atom. The molecular weight excluding hydrogens is 203 g/mol. The van der Waals surface area contributed by atoms with Crippen LogP contribution < -0.4 is 0 Å². The van der Waals surface area contributed by atoms with Gasteiger partial charge < -0.3 is 0 Å². The minimum atomic E-state index is -4.31. The van der Waals surface area contributed by atoms with Crippen LogP contribution in [-0.2, 0) is 12.6 Å². The molecule has 0 bridgehead atoms. The Hall–Kier alpha value is -1.50. The third kappa shape index (κ3) is 2.98. The van der Waals surface area contributed by atoms with Crippen molar-refractivity contribution >= 4 is 0 Å². The molecule has 0 fully saturated rings. The molecule has 0 aliphatic rings. The fourth-order valence-electron chi connectivity index (χ4n) is 1.31. The Morgan fingerprint density at radius 2 is 2.00 bits per heavy atom. The molecule has 0 aliphatic heterocycles. The Bertz CT molecular complexity index is 388. The number of rotatable bonds is 2. The molecule has 4 heteroatoms. The van der Waals surface area contributed by atoms with Gasteiger partial charge in [-0.2, -0.15) is 18.4 Å². The van der Waals surface area contributed by atoms with Crippen molar-refractivity contribution in [3.63, 3.8) is 0 Å². The van der Waals surface area contributed by atoms with E-state index >= 15 is 0 Å². The van der Waals surface area contributed by atoms with E-state index in [0.29, 0.717) is 12.0 Å². The second kappa shape index (κ2) is 4.35. The van der Waals surface area contributed by atoms with Gasteiger partial charge in [0.2, 0.25) is 0 Å². The average molecular weight is 213 g/mol. The average Bonchev–Trinajstić information content (AvgIpc) is 2.15. The van der Waals surface area contributed by atoms with E-state index in [0.717, 1.165) is 17.7 Å². The molecule has 1 rings (SSSR count). The van der Waals surface area contributed by atoms with Gasteiger partial charge >= 0.3 is 6.18 Å². The van der Waals surface area contributed by atoms with Crippen LogP contribution in [0.25, 0.3) is 0 Å². The summed E-state index contributed by atoms with van der Waals surface area (Å²) in [4.78, 5) is 0. The third-order valence-electron chi connectivity index (χ3n) is 2.18. The van der Waals surface area contributed by atoms with Crippen molar-refractivity contribution in [3.05, 3.63) is 34.9 Å². The number of halogens is 3. The van der Waals surface area contributed by atoms with Crippen LogP contribution in [0.5, 0.6) is 0 Å². The molecule has 80 valence electrons. The Morgan fingerprint density at radius 3 is 2.53 bits per heavy atom. The van der Waals surface area contributed by atoms with Gasteiger partial charge in [0, 0.05) is 6.42 Å². The molecule has 0 saturated heterocycles. The van der Waals surface area contributed by atoms with Gasteiger partial charge in [-0.25, -0.2) is 0 Å². The number of nitrogens with zero attached hydrogens (tertiary/aromatic N) is 1. The monoisotopic (exact) mass is 213 g/mol. The van der Waals surface area contributed by atoms with Gasteiger partial charge in [0.25, 0.3) is 0 Å². The first-order valence-corrected chi connectivity index (χ1v) is 4.49. The predicted octanol–water partition coefficient (Wildman–Crippen LogP) is 3.47. The van der Waals surface area contributed by atoms with Crippen LogP contribution >= 0.6 is 0 Å². The Labute approximate surface area is 86.1 Å². The summed E-state index contributed by atoms with van der Waals surface area (Å²) in [6.45, 7) is 1.74. The lowest BCUT2D eigenvalue weighted by Gasteiger charge is -2.10. The summed E-state index contributed by atoms with van der Waals surface area (Å²) in [6, 6.07) is 5.54. The molecule has 0 aliphatic carbocycles. The lowest BCUT2D eigenvalue weighted by Crippen LogP contribution is -2.06. The molecule has 1 aromatic carbocycles. The van der Waals surface area contributed by atoms with Crippen molar-refractivity contribution in [1.29, 1.82) is 5.26 Å². The molecule has 0 atom stereocenters. The molecule has 0 amide bonds. The zero-order chi connectivity index (χ0) is 11.5. The SMILES string of the molecule is Cc1ccc(C(F)(F)F)cc1CCC#N. The molecule has 0 N–H and O–H groups in total. The maximum atomic E-state index is 12.4. The first-order valence-electron chi connectivity index (χ1n) is 4.49. The molecule has 15 heavy (non-hydrogen) atoms. The lowest BCUT2D eigenvalue weighted by molar-refractivity contribution is -0.137. The summed E-state index contributed by atoms with van der Waals surface area (Å²) >= 11 is 0. The van der Waals surface area contributed by atoms with Crippen LogP contribution in [0.3, 0.4) is 0 Å². The minimum Gasteiger partial charge on any atom is -0.198 e. The highest BCUT2D eigenvalue weighted by molar-refractivity contribution is 5.32. The van der Waals surface area contributed by atoms with Crippen LogP contribution in [0.2, 0.25) is 0 Å². The van der Waals surface area contributed by atoms with Gasteiger partial charge in [0.15, 0.2) is 0 Å². The normalized spacial score (nSPS) is 11.1. The first-order chi connectivity index (χ1) is 6.95. The number of aryl methyl sites for hydroxylation is 2. The second-order valence-electron chi connectivity index (χ2n) is 3.30. The maximum Gasteiger partial charge on any atom is 0.416 e. The summed E-state index contributed by atoms with van der Waals surface area (Å²) < 4.78 is 37.1. The number of hydrogen-bond acceptors (Lipinski definition) is 1. The van der Waals surface area contributed by atoms with Crippen molar-refractivity contribution < 1.29 is 13.2 Å². The first kappa shape index (κ1) is 11.6. The van der Waals surface area contributed by atoms with Crippen LogP contribution in [0.1, 0.15) is 23.1 Å². The van der Waals surface area contributed by atoms with Gasteiger partial charge in [-0.05, 0) is 36.6 Å². The van der Waals surface area contributed by atoms with Crippen molar-refractivity contribution in [2.45, 2.75) is 25.9 Å². The number of hydrogen-bond donors (Lipinski definition) is 0. The topological polar surface area (TPSA) is 23.8 Å². The number of alkyl halides is 3. The zero-order valence-corrected chi connectivity index (χ0v) is 8.23. The van der Waals surface area contributed by atoms with E-state index in [1.807, 2.05) is 6.07 Å². The summed E-state index contributed by atoms with van der Waals surface area (Å²) in [7, 11) is 0. The van der Waals surface area contributed by atoms with E-state index in [9.17, 15) is 13.2 Å². The Kier molecular flexibility index (Phi) is 3.35. The molecular formula is C11H10F3N. The van der Waals surface area contributed by atoms with Crippen molar-refractivity contribution in [1.82, 2.24) is 0 Å². The number of nitriles is 1. The summed E-state index contributed by atoms with van der Waals surface area (Å²) in [5.74, 6) is 0. The molecule has 0 aromatic heterocycles. The molecule has 0 spiro atoms. The van der Waals surface area contributed by atoms with E-state index in [-0.39, 0.29) is 6.42 Å². The van der Waals surface area contributed by atoms with Gasteiger partial charge in [-0.15, -0.1) is 0 Å². The smallest absolute Gasteiger partial charge is 0.198 e. The number of benzene rings is 1. The third-order valence-corrected chi connectivity index (χ3v) is 2.18. The highest BCUT2D eigenvalue weighted by Crippen LogP contribution is 2.30. The largest absolute Gasteiger partial charge is 0.416 e. The van der Waals surface area contributed by atoms with Crippen molar-refractivity contribution in [2.24, 2.45) is 0 Å². The molecule has 1 aromatic rings. The quantitative estimate of drug-likeness (QED) is 0.737. The van der Waals surface area contributed by atoms with E-state index in [1.54, 1.807) is 6.92 Å². The van der Waals surface area contributed by atoms with Gasteiger partial charge in [-0.1, -0.05) is 6.07 Å². The molecule has 0 heterocycles. The highest BCUT2D eigenvalue weighted by Gasteiger charge is 2.30. The summed E-state index contributed by atoms with van der Waals surface area (Å²) in [6.07, 6.45) is -3.70. The van der Waals surface area contributed by atoms with Crippen LogP contribution in [0.15, 0.2) is 18.2 Å². The van der Waals surface area contributed by atoms with Crippen LogP contribution in [0.4, 0.5) is 13.2 Å². The standard InChI is InChI=1S/C11H10F3N/c1-8-4-5-10(11(12,13)14)7-9(8)3-2-6-15/h4-5,7H,2-3H2,1H3. The highest BCUT2D eigenvalue weighted by atomic mass is 19.4. The summed E-state index contributed by atoms with van der Waals surface area (Å²) in [5.41, 5.74) is 0.727. The lowest BCUT2D eigenvalue weighted by atomic mass is 10.0.